The zero-order chi connectivity index (χ0) is 21.1. The largest absolute Gasteiger partial charge is 0.494 e. The molecule has 0 aliphatic carbocycles. The first-order valence-electron chi connectivity index (χ1n) is 9.42. The van der Waals surface area contributed by atoms with Gasteiger partial charge in [-0.3, -0.25) is 9.59 Å². The number of hydrogen-bond acceptors (Lipinski definition) is 5. The molecular formula is C21H26N2O5S. The highest BCUT2D eigenvalue weighted by Gasteiger charge is 2.17. The number of amides is 2. The maximum Gasteiger partial charge on any atom is 0.243 e. The maximum atomic E-state index is 12.1. The van der Waals surface area contributed by atoms with Gasteiger partial charge in [0.15, 0.2) is 9.84 Å². The Kier molecular flexibility index (Phi) is 8.67. The van der Waals surface area contributed by atoms with Crippen molar-refractivity contribution in [2.45, 2.75) is 19.8 Å². The summed E-state index contributed by atoms with van der Waals surface area (Å²) in [7, 11) is -3.53. The van der Waals surface area contributed by atoms with E-state index in [4.69, 9.17) is 4.74 Å². The monoisotopic (exact) mass is 418 g/mol. The fourth-order valence-electron chi connectivity index (χ4n) is 2.65. The fourth-order valence-corrected chi connectivity index (χ4v) is 3.88. The van der Waals surface area contributed by atoms with Crippen LogP contribution in [0.2, 0.25) is 0 Å². The van der Waals surface area contributed by atoms with Crippen molar-refractivity contribution in [1.29, 1.82) is 0 Å². The second-order valence-electron chi connectivity index (χ2n) is 6.46. The Bertz CT molecular complexity index is 896. The highest BCUT2D eigenvalue weighted by atomic mass is 32.2. The Labute approximate surface area is 171 Å². The third-order valence-corrected chi connectivity index (χ3v) is 5.62. The van der Waals surface area contributed by atoms with Crippen LogP contribution in [0.25, 0.3) is 0 Å². The summed E-state index contributed by atoms with van der Waals surface area (Å²) in [5.41, 5.74) is 1.61. The summed E-state index contributed by atoms with van der Waals surface area (Å²) in [6, 6.07) is 16.4. The normalized spacial score (nSPS) is 10.9. The van der Waals surface area contributed by atoms with E-state index in [-0.39, 0.29) is 12.3 Å². The van der Waals surface area contributed by atoms with Crippen LogP contribution in [0.1, 0.15) is 18.9 Å². The number of hydrogen-bond donors (Lipinski definition) is 2. The standard InChI is InChI=1S/C21H26N2O5S/c1-2-28-19-12-10-18(11-13-19)23-20(24)15-22-21(25)16-29(26,27)14-6-9-17-7-4-3-5-8-17/h3-5,7-8,10-13H,2,6,9,14-16H2,1H3,(H,22,25)(H,23,24). The second kappa shape index (κ2) is 11.2. The average molecular weight is 419 g/mol. The van der Waals surface area contributed by atoms with Crippen molar-refractivity contribution in [2.24, 2.45) is 0 Å². The number of rotatable bonds is 11. The van der Waals surface area contributed by atoms with Crippen molar-refractivity contribution >= 4 is 27.3 Å². The Balaban J connectivity index is 1.70. The van der Waals surface area contributed by atoms with E-state index in [0.29, 0.717) is 30.9 Å². The number of aryl methyl sites for hydroxylation is 1. The van der Waals surface area contributed by atoms with Crippen LogP contribution in [-0.4, -0.2) is 44.9 Å². The molecule has 2 rings (SSSR count). The molecule has 0 aliphatic rings. The third kappa shape index (κ3) is 8.78. The lowest BCUT2D eigenvalue weighted by molar-refractivity contribution is -0.122. The molecule has 0 heterocycles. The zero-order valence-corrected chi connectivity index (χ0v) is 17.2. The van der Waals surface area contributed by atoms with Crippen LogP contribution in [0.5, 0.6) is 5.75 Å². The summed E-state index contributed by atoms with van der Waals surface area (Å²) in [5, 5.41) is 4.97. The predicted octanol–water partition coefficient (Wildman–Crippen LogP) is 2.19. The van der Waals surface area contributed by atoms with Crippen molar-refractivity contribution in [3.63, 3.8) is 0 Å². The predicted molar refractivity (Wildman–Crippen MR) is 113 cm³/mol. The van der Waals surface area contributed by atoms with Crippen LogP contribution in [0.3, 0.4) is 0 Å². The number of sulfone groups is 1. The van der Waals surface area contributed by atoms with E-state index in [1.165, 1.54) is 0 Å². The summed E-state index contributed by atoms with van der Waals surface area (Å²) in [5.74, 6) is -1.14. The number of nitrogens with one attached hydrogen (secondary N) is 2. The van der Waals surface area contributed by atoms with E-state index in [1.54, 1.807) is 24.3 Å². The van der Waals surface area contributed by atoms with Gasteiger partial charge in [0, 0.05) is 5.69 Å². The molecule has 0 unspecified atom stereocenters. The molecule has 0 atom stereocenters. The smallest absolute Gasteiger partial charge is 0.243 e. The summed E-state index contributed by atoms with van der Waals surface area (Å²) in [6.07, 6.45) is 1.07. The molecule has 0 radical (unpaired) electrons. The average Bonchev–Trinajstić information content (AvgIpc) is 2.68. The van der Waals surface area contributed by atoms with Crippen LogP contribution >= 0.6 is 0 Å². The number of carbonyl (C=O) groups is 2. The van der Waals surface area contributed by atoms with Crippen molar-refractivity contribution in [3.8, 4) is 5.75 Å². The van der Waals surface area contributed by atoms with Gasteiger partial charge in [-0.15, -0.1) is 0 Å². The molecule has 7 nitrogen and oxygen atoms in total. The van der Waals surface area contributed by atoms with Gasteiger partial charge in [0.25, 0.3) is 0 Å². The summed E-state index contributed by atoms with van der Waals surface area (Å²) < 4.78 is 29.5. The first-order valence-corrected chi connectivity index (χ1v) is 11.2. The zero-order valence-electron chi connectivity index (χ0n) is 16.4. The van der Waals surface area contributed by atoms with Crippen LogP contribution in [-0.2, 0) is 25.8 Å². The molecule has 0 saturated heterocycles. The Morgan fingerprint density at radius 2 is 1.66 bits per heavy atom. The molecule has 2 aromatic rings. The molecule has 0 saturated carbocycles. The lowest BCUT2D eigenvalue weighted by Crippen LogP contribution is -2.37. The quantitative estimate of drug-likeness (QED) is 0.582. The minimum absolute atomic E-state index is 0.0757. The lowest BCUT2D eigenvalue weighted by atomic mass is 10.1. The van der Waals surface area contributed by atoms with E-state index >= 15 is 0 Å². The molecule has 2 aromatic carbocycles. The SMILES string of the molecule is CCOc1ccc(NC(=O)CNC(=O)CS(=O)(=O)CCCc2ccccc2)cc1. The summed E-state index contributed by atoms with van der Waals surface area (Å²) in [6.45, 7) is 2.13. The third-order valence-electron chi connectivity index (χ3n) is 4.01. The van der Waals surface area contributed by atoms with Crippen LogP contribution in [0.4, 0.5) is 5.69 Å². The second-order valence-corrected chi connectivity index (χ2v) is 8.65. The van der Waals surface area contributed by atoms with Crippen LogP contribution in [0.15, 0.2) is 54.6 Å². The molecule has 0 aliphatic heterocycles. The molecular weight excluding hydrogens is 392 g/mol. The maximum absolute atomic E-state index is 12.1. The molecule has 8 heteroatoms. The molecule has 0 fully saturated rings. The Morgan fingerprint density at radius 1 is 0.966 bits per heavy atom. The number of anilines is 1. The Morgan fingerprint density at radius 3 is 2.31 bits per heavy atom. The van der Waals surface area contributed by atoms with Gasteiger partial charge < -0.3 is 15.4 Å². The van der Waals surface area contributed by atoms with Gasteiger partial charge in [-0.05, 0) is 49.6 Å². The molecule has 29 heavy (non-hydrogen) atoms. The van der Waals surface area contributed by atoms with Gasteiger partial charge in [0.1, 0.15) is 11.5 Å². The van der Waals surface area contributed by atoms with Crippen LogP contribution < -0.4 is 15.4 Å². The molecule has 156 valence electrons. The lowest BCUT2D eigenvalue weighted by Gasteiger charge is -2.09. The van der Waals surface area contributed by atoms with E-state index in [2.05, 4.69) is 10.6 Å². The van der Waals surface area contributed by atoms with Crippen molar-refractivity contribution in [3.05, 3.63) is 60.2 Å². The van der Waals surface area contributed by atoms with Gasteiger partial charge in [0.05, 0.1) is 18.9 Å². The number of carbonyl (C=O) groups excluding carboxylic acids is 2. The van der Waals surface area contributed by atoms with Crippen LogP contribution in [0, 0.1) is 0 Å². The molecule has 0 aromatic heterocycles. The van der Waals surface area contributed by atoms with E-state index in [0.717, 1.165) is 5.56 Å². The van der Waals surface area contributed by atoms with Crippen molar-refractivity contribution < 1.29 is 22.7 Å². The van der Waals surface area contributed by atoms with Crippen molar-refractivity contribution in [1.82, 2.24) is 5.32 Å². The summed E-state index contributed by atoms with van der Waals surface area (Å²) >= 11 is 0. The molecule has 2 amide bonds. The van der Waals surface area contributed by atoms with E-state index < -0.39 is 27.4 Å². The van der Waals surface area contributed by atoms with Gasteiger partial charge >= 0.3 is 0 Å². The van der Waals surface area contributed by atoms with Gasteiger partial charge in [-0.2, -0.15) is 0 Å². The number of ether oxygens (including phenoxy) is 1. The fraction of sp³-hybridized carbons (Fsp3) is 0.333. The molecule has 0 spiro atoms. The van der Waals surface area contributed by atoms with E-state index in [9.17, 15) is 18.0 Å². The highest BCUT2D eigenvalue weighted by Crippen LogP contribution is 2.15. The minimum Gasteiger partial charge on any atom is -0.494 e. The van der Waals surface area contributed by atoms with E-state index in [1.807, 2.05) is 37.3 Å². The van der Waals surface area contributed by atoms with Gasteiger partial charge in [-0.1, -0.05) is 30.3 Å². The van der Waals surface area contributed by atoms with Gasteiger partial charge in [-0.25, -0.2) is 8.42 Å². The van der Waals surface area contributed by atoms with Crippen molar-refractivity contribution in [2.75, 3.05) is 30.0 Å². The summed E-state index contributed by atoms with van der Waals surface area (Å²) in [4.78, 5) is 23.8. The minimum atomic E-state index is -3.53. The Hall–Kier alpha value is -2.87. The van der Waals surface area contributed by atoms with Gasteiger partial charge in [0.2, 0.25) is 11.8 Å². The topological polar surface area (TPSA) is 102 Å². The molecule has 0 bridgehead atoms. The number of benzene rings is 2. The molecule has 2 N–H and O–H groups in total. The first-order chi connectivity index (χ1) is 13.9. The first kappa shape index (κ1) is 22.4. The highest BCUT2D eigenvalue weighted by molar-refractivity contribution is 7.92.